The molecule has 1 saturated heterocycles. The summed E-state index contributed by atoms with van der Waals surface area (Å²) in [6.45, 7) is 3.76. The van der Waals surface area contributed by atoms with Crippen LogP contribution in [0.1, 0.15) is 309 Å². The highest BCUT2D eigenvalue weighted by atomic mass is 16.7. The Morgan fingerprint density at radius 2 is 0.805 bits per heavy atom. The van der Waals surface area contributed by atoms with Crippen LogP contribution < -0.4 is 5.32 Å². The van der Waals surface area contributed by atoms with Gasteiger partial charge in [-0.1, -0.05) is 306 Å². The summed E-state index contributed by atoms with van der Waals surface area (Å²) in [6, 6.07) is -0.719. The van der Waals surface area contributed by atoms with Gasteiger partial charge in [0.1, 0.15) is 24.4 Å². The number of hydrogen-bond donors (Lipinski definition) is 6. The van der Waals surface area contributed by atoms with Crippen LogP contribution in [0.2, 0.25) is 0 Å². The Morgan fingerprint density at radius 3 is 1.19 bits per heavy atom. The molecule has 7 unspecified atom stereocenters. The molecule has 9 heteroatoms. The first-order valence-electron chi connectivity index (χ1n) is 33.0. The maximum absolute atomic E-state index is 13.1. The predicted molar refractivity (Wildman–Crippen MR) is 327 cm³/mol. The number of amides is 1. The number of unbranched alkanes of at least 4 members (excludes halogenated alkanes) is 37. The third-order valence-electron chi connectivity index (χ3n) is 15.6. The summed E-state index contributed by atoms with van der Waals surface area (Å²) < 4.78 is 11.3. The van der Waals surface area contributed by atoms with Crippen molar-refractivity contribution >= 4 is 5.91 Å². The fourth-order valence-electron chi connectivity index (χ4n) is 10.5. The quantitative estimate of drug-likeness (QED) is 0.0261. The van der Waals surface area contributed by atoms with Crippen molar-refractivity contribution in [3.05, 3.63) is 60.8 Å². The molecule has 0 aromatic carbocycles. The fourth-order valence-corrected chi connectivity index (χ4v) is 10.5. The Kier molecular flexibility index (Phi) is 54.1. The van der Waals surface area contributed by atoms with Crippen molar-refractivity contribution in [3.63, 3.8) is 0 Å². The average Bonchev–Trinajstić information content (AvgIpc) is 3.43. The van der Waals surface area contributed by atoms with Crippen molar-refractivity contribution in [2.45, 2.75) is 352 Å². The third-order valence-corrected chi connectivity index (χ3v) is 15.6. The SMILES string of the molecule is CC/C=C\C/C=C\C/C=C\C/C=C\C/C=C\CCCCCCCCCCCCCCCCCCCCCCCC(=O)NC(COC1OC(CO)C(O)C(O)C1O)C(O)CCCCCCCCCCCCCCCCCCC. The Labute approximate surface area is 475 Å². The van der Waals surface area contributed by atoms with E-state index in [1.807, 2.05) is 0 Å². The zero-order valence-corrected chi connectivity index (χ0v) is 50.2. The van der Waals surface area contributed by atoms with Crippen molar-refractivity contribution in [1.82, 2.24) is 5.32 Å². The minimum atomic E-state index is -1.55. The van der Waals surface area contributed by atoms with Crippen molar-refractivity contribution in [3.8, 4) is 0 Å². The van der Waals surface area contributed by atoms with Gasteiger partial charge in [-0.15, -0.1) is 0 Å². The normalized spacial score (nSPS) is 19.1. The smallest absolute Gasteiger partial charge is 0.220 e. The molecule has 0 aliphatic carbocycles. The van der Waals surface area contributed by atoms with Gasteiger partial charge < -0.3 is 40.3 Å². The fraction of sp³-hybridized carbons (Fsp3) is 0.838. The van der Waals surface area contributed by atoms with E-state index >= 15 is 0 Å². The van der Waals surface area contributed by atoms with E-state index in [4.69, 9.17) is 9.47 Å². The molecule has 7 atom stereocenters. The van der Waals surface area contributed by atoms with Crippen LogP contribution in [0, 0.1) is 0 Å². The standard InChI is InChI=1S/C68H125NO8/c1-3-5-7-9-11-13-15-17-19-21-22-23-24-25-26-27-28-29-30-31-32-33-34-35-36-37-38-39-40-42-44-46-48-50-52-54-56-58-64(72)69-61(60-76-68-67(75)66(74)65(73)63(59-70)77-68)62(71)57-55-53-51-49-47-45-43-41-20-18-16-14-12-10-8-6-4-2/h5,7,11,13,17,19,22-23,25-26,61-63,65-68,70-71,73-75H,3-4,6,8-10,12,14-16,18,20-21,24,27-60H2,1-2H3,(H,69,72)/b7-5-,13-11-,19-17-,23-22-,26-25-. The molecule has 1 heterocycles. The molecular formula is C68H125NO8. The molecule has 450 valence electrons. The van der Waals surface area contributed by atoms with Crippen LogP contribution in [-0.4, -0.2) is 87.5 Å². The van der Waals surface area contributed by atoms with Crippen LogP contribution in [-0.2, 0) is 14.3 Å². The van der Waals surface area contributed by atoms with E-state index in [9.17, 15) is 30.3 Å². The summed E-state index contributed by atoms with van der Waals surface area (Å²) in [6.07, 6.45) is 71.4. The highest BCUT2D eigenvalue weighted by Crippen LogP contribution is 2.23. The van der Waals surface area contributed by atoms with E-state index in [-0.39, 0.29) is 12.5 Å². The molecule has 0 aromatic heterocycles. The van der Waals surface area contributed by atoms with Crippen molar-refractivity contribution < 1.29 is 39.8 Å². The van der Waals surface area contributed by atoms with Crippen LogP contribution >= 0.6 is 0 Å². The summed E-state index contributed by atoms with van der Waals surface area (Å²) >= 11 is 0. The summed E-state index contributed by atoms with van der Waals surface area (Å²) in [5.41, 5.74) is 0. The lowest BCUT2D eigenvalue weighted by atomic mass is 9.99. The number of nitrogens with one attached hydrogen (secondary N) is 1. The number of carbonyl (C=O) groups excluding carboxylic acids is 1. The van der Waals surface area contributed by atoms with Crippen LogP contribution in [0.4, 0.5) is 0 Å². The first-order chi connectivity index (χ1) is 37.8. The van der Waals surface area contributed by atoms with E-state index in [0.717, 1.165) is 70.6 Å². The lowest BCUT2D eigenvalue weighted by Crippen LogP contribution is -2.60. The molecule has 1 rings (SSSR count). The molecule has 77 heavy (non-hydrogen) atoms. The van der Waals surface area contributed by atoms with Crippen molar-refractivity contribution in [1.29, 1.82) is 0 Å². The number of ether oxygens (including phenoxy) is 2. The molecule has 0 aromatic rings. The highest BCUT2D eigenvalue weighted by molar-refractivity contribution is 5.76. The van der Waals surface area contributed by atoms with Crippen LogP contribution in [0.25, 0.3) is 0 Å². The van der Waals surface area contributed by atoms with Crippen LogP contribution in [0.15, 0.2) is 60.8 Å². The van der Waals surface area contributed by atoms with Gasteiger partial charge in [0.05, 0.1) is 25.4 Å². The predicted octanol–water partition coefficient (Wildman–Crippen LogP) is 17.4. The number of hydrogen-bond acceptors (Lipinski definition) is 8. The Hall–Kier alpha value is -2.11. The lowest BCUT2D eigenvalue weighted by molar-refractivity contribution is -0.302. The Morgan fingerprint density at radius 1 is 0.455 bits per heavy atom. The number of aliphatic hydroxyl groups excluding tert-OH is 5. The van der Waals surface area contributed by atoms with Gasteiger partial charge in [0, 0.05) is 6.42 Å². The van der Waals surface area contributed by atoms with Crippen molar-refractivity contribution in [2.75, 3.05) is 13.2 Å². The Bertz CT molecular complexity index is 1400. The van der Waals surface area contributed by atoms with Gasteiger partial charge in [0.15, 0.2) is 6.29 Å². The first kappa shape index (κ1) is 72.9. The molecule has 0 spiro atoms. The lowest BCUT2D eigenvalue weighted by Gasteiger charge is -2.40. The largest absolute Gasteiger partial charge is 0.394 e. The van der Waals surface area contributed by atoms with E-state index in [2.05, 4.69) is 79.9 Å². The van der Waals surface area contributed by atoms with Gasteiger partial charge in [-0.3, -0.25) is 4.79 Å². The summed E-state index contributed by atoms with van der Waals surface area (Å²) in [5.74, 6) is -0.139. The van der Waals surface area contributed by atoms with Gasteiger partial charge in [0.2, 0.25) is 5.91 Å². The van der Waals surface area contributed by atoms with Crippen LogP contribution in [0.3, 0.4) is 0 Å². The first-order valence-corrected chi connectivity index (χ1v) is 33.0. The molecule has 1 amide bonds. The van der Waals surface area contributed by atoms with E-state index in [1.54, 1.807) is 0 Å². The maximum Gasteiger partial charge on any atom is 0.220 e. The van der Waals surface area contributed by atoms with Gasteiger partial charge in [0.25, 0.3) is 0 Å². The molecule has 6 N–H and O–H groups in total. The maximum atomic E-state index is 13.1. The van der Waals surface area contributed by atoms with E-state index < -0.39 is 49.5 Å². The highest BCUT2D eigenvalue weighted by Gasteiger charge is 2.44. The average molecular weight is 1080 g/mol. The second-order valence-corrected chi connectivity index (χ2v) is 22.9. The topological polar surface area (TPSA) is 149 Å². The molecule has 1 fully saturated rings. The summed E-state index contributed by atoms with van der Waals surface area (Å²) in [7, 11) is 0. The third kappa shape index (κ3) is 46.2. The Balaban J connectivity index is 2.07. The minimum absolute atomic E-state index is 0.135. The monoisotopic (exact) mass is 1080 g/mol. The number of allylic oxidation sites excluding steroid dienone is 10. The zero-order valence-electron chi connectivity index (χ0n) is 50.2. The van der Waals surface area contributed by atoms with Gasteiger partial charge in [-0.2, -0.15) is 0 Å². The van der Waals surface area contributed by atoms with Gasteiger partial charge >= 0.3 is 0 Å². The molecule has 0 radical (unpaired) electrons. The minimum Gasteiger partial charge on any atom is -0.394 e. The van der Waals surface area contributed by atoms with Gasteiger partial charge in [-0.05, 0) is 57.8 Å². The second kappa shape index (κ2) is 57.1. The molecule has 0 saturated carbocycles. The van der Waals surface area contributed by atoms with Crippen molar-refractivity contribution in [2.24, 2.45) is 0 Å². The summed E-state index contributed by atoms with van der Waals surface area (Å²) in [4.78, 5) is 13.1. The van der Waals surface area contributed by atoms with E-state index in [0.29, 0.717) is 12.8 Å². The molecule has 1 aliphatic heterocycles. The van der Waals surface area contributed by atoms with Crippen LogP contribution in [0.5, 0.6) is 0 Å². The number of aliphatic hydroxyl groups is 5. The number of rotatable bonds is 57. The zero-order chi connectivity index (χ0) is 55.8. The number of carbonyl (C=O) groups is 1. The molecule has 0 bridgehead atoms. The second-order valence-electron chi connectivity index (χ2n) is 22.9. The van der Waals surface area contributed by atoms with Gasteiger partial charge in [-0.25, -0.2) is 0 Å². The molecule has 1 aliphatic rings. The summed E-state index contributed by atoms with van der Waals surface area (Å²) in [5, 5.41) is 54.8. The molecule has 9 nitrogen and oxygen atoms in total. The molecular weight excluding hydrogens is 959 g/mol. The van der Waals surface area contributed by atoms with E-state index in [1.165, 1.54) is 212 Å².